The van der Waals surface area contributed by atoms with Crippen LogP contribution in [0.5, 0.6) is 0 Å². The largest absolute Gasteiger partial charge is 0.477 e. The number of nitrogens with zero attached hydrogens (tertiary/aromatic N) is 2. The summed E-state index contributed by atoms with van der Waals surface area (Å²) in [7, 11) is 0. The summed E-state index contributed by atoms with van der Waals surface area (Å²) in [6, 6.07) is -0.186. The van der Waals surface area contributed by atoms with Gasteiger partial charge in [0.25, 0.3) is 0 Å². The highest BCUT2D eigenvalue weighted by atomic mass is 32.2. The average molecular weight is 453 g/mol. The monoisotopic (exact) mass is 452 g/mol. The molecule has 0 aromatic heterocycles. The van der Waals surface area contributed by atoms with Crippen LogP contribution in [0.25, 0.3) is 0 Å². The molecule has 4 heterocycles. The number of aliphatic hydroxyl groups excluding tert-OH is 1. The number of hydrogen-bond donors (Lipinski definition) is 4. The number of amides is 2. The van der Waals surface area contributed by atoms with Crippen LogP contribution in [0, 0.1) is 11.8 Å². The Labute approximate surface area is 186 Å². The highest BCUT2D eigenvalue weighted by Gasteiger charge is 2.60. The molecule has 0 radical (unpaired) electrons. The summed E-state index contributed by atoms with van der Waals surface area (Å²) < 4.78 is 0. The van der Waals surface area contributed by atoms with E-state index in [0.717, 1.165) is 6.54 Å². The van der Waals surface area contributed by atoms with Crippen molar-refractivity contribution in [2.75, 3.05) is 19.6 Å². The predicted octanol–water partition coefficient (Wildman–Crippen LogP) is -0.187. The first-order valence-corrected chi connectivity index (χ1v) is 11.9. The van der Waals surface area contributed by atoms with Gasteiger partial charge in [0.2, 0.25) is 11.8 Å². The molecule has 172 valence electrons. The Morgan fingerprint density at radius 1 is 1.19 bits per heavy atom. The van der Waals surface area contributed by atoms with E-state index in [-0.39, 0.29) is 52.8 Å². The van der Waals surface area contributed by atoms with Gasteiger partial charge in [-0.2, -0.15) is 0 Å². The van der Waals surface area contributed by atoms with Gasteiger partial charge in [-0.3, -0.25) is 9.59 Å². The van der Waals surface area contributed by atoms with Crippen molar-refractivity contribution < 1.29 is 24.6 Å². The molecule has 2 amide bonds. The van der Waals surface area contributed by atoms with E-state index in [1.54, 1.807) is 6.92 Å². The number of nitrogens with one attached hydrogen (secondary N) is 2. The van der Waals surface area contributed by atoms with Gasteiger partial charge < -0.3 is 30.6 Å². The zero-order chi connectivity index (χ0) is 22.6. The van der Waals surface area contributed by atoms with E-state index >= 15 is 0 Å². The number of rotatable bonds is 5. The van der Waals surface area contributed by atoms with E-state index in [0.29, 0.717) is 24.4 Å². The number of aliphatic carboxylic acids is 1. The fourth-order valence-corrected chi connectivity index (χ4v) is 6.85. The smallest absolute Gasteiger partial charge is 0.353 e. The Morgan fingerprint density at radius 3 is 2.55 bits per heavy atom. The van der Waals surface area contributed by atoms with Crippen molar-refractivity contribution in [3.63, 3.8) is 0 Å². The van der Waals surface area contributed by atoms with Crippen molar-refractivity contribution in [2.24, 2.45) is 11.8 Å². The molecule has 4 N–H and O–H groups in total. The van der Waals surface area contributed by atoms with Gasteiger partial charge in [-0.15, -0.1) is 11.8 Å². The fraction of sp³-hybridized carbons (Fsp3) is 0.762. The Hall–Kier alpha value is -1.62. The van der Waals surface area contributed by atoms with E-state index in [1.165, 1.54) is 16.7 Å². The Morgan fingerprint density at radius 2 is 1.90 bits per heavy atom. The predicted molar refractivity (Wildman–Crippen MR) is 116 cm³/mol. The number of thioether (sulfide) groups is 1. The fourth-order valence-electron chi connectivity index (χ4n) is 5.37. The third-order valence-electron chi connectivity index (χ3n) is 7.04. The summed E-state index contributed by atoms with van der Waals surface area (Å²) in [5, 5.41) is 26.5. The zero-order valence-electron chi connectivity index (χ0n) is 18.4. The Kier molecular flexibility index (Phi) is 6.10. The lowest BCUT2D eigenvalue weighted by atomic mass is 9.79. The standard InChI is InChI=1S/C21H32N4O5S/c1-9-8-24(10(2)6-22-9)19(27)14-5-13(7-23-14)31-18-11(3)16-15(12(4)26)20(28)25(16)17(18)21(29)30/h9-16,22-23,26H,5-8H2,1-4H3,(H,29,30)/t9-,10+,11-,12-,13+,14+,15-,16-/m1/s1. The van der Waals surface area contributed by atoms with Crippen molar-refractivity contribution >= 4 is 29.5 Å². The summed E-state index contributed by atoms with van der Waals surface area (Å²) in [6.07, 6.45) is -0.190. The van der Waals surface area contributed by atoms with E-state index < -0.39 is 18.0 Å². The van der Waals surface area contributed by atoms with Gasteiger partial charge >= 0.3 is 5.97 Å². The number of hydrogen-bond acceptors (Lipinski definition) is 7. The lowest BCUT2D eigenvalue weighted by molar-refractivity contribution is -0.163. The second-order valence-corrected chi connectivity index (χ2v) is 10.7. The van der Waals surface area contributed by atoms with Gasteiger partial charge in [-0.25, -0.2) is 4.79 Å². The van der Waals surface area contributed by atoms with E-state index in [4.69, 9.17) is 0 Å². The summed E-state index contributed by atoms with van der Waals surface area (Å²) in [5.41, 5.74) is 0.0451. The van der Waals surface area contributed by atoms with Crippen LogP contribution in [0.2, 0.25) is 0 Å². The van der Waals surface area contributed by atoms with Crippen molar-refractivity contribution in [2.45, 2.75) is 69.6 Å². The molecule has 0 aliphatic carbocycles. The van der Waals surface area contributed by atoms with E-state index in [9.17, 15) is 24.6 Å². The van der Waals surface area contributed by atoms with Crippen molar-refractivity contribution in [3.05, 3.63) is 10.6 Å². The van der Waals surface area contributed by atoms with E-state index in [2.05, 4.69) is 17.6 Å². The maximum atomic E-state index is 13.1. The van der Waals surface area contributed by atoms with Crippen LogP contribution in [0.4, 0.5) is 0 Å². The van der Waals surface area contributed by atoms with Crippen molar-refractivity contribution in [1.82, 2.24) is 20.4 Å². The van der Waals surface area contributed by atoms with Crippen molar-refractivity contribution in [1.29, 1.82) is 0 Å². The summed E-state index contributed by atoms with van der Waals surface area (Å²) >= 11 is 1.47. The molecule has 31 heavy (non-hydrogen) atoms. The average Bonchev–Trinajstić information content (AvgIpc) is 3.25. The Bertz CT molecular complexity index is 818. The van der Waals surface area contributed by atoms with Gasteiger partial charge in [0.1, 0.15) is 5.70 Å². The number of carbonyl (C=O) groups excluding carboxylic acids is 2. The van der Waals surface area contributed by atoms with Crippen LogP contribution < -0.4 is 10.6 Å². The maximum Gasteiger partial charge on any atom is 0.353 e. The molecule has 3 saturated heterocycles. The van der Waals surface area contributed by atoms with Crippen LogP contribution in [0.1, 0.15) is 34.1 Å². The SMILES string of the molecule is C[C@@H]1CN(C(=O)[C@@H]2C[C@H](SC3=C(C(=O)O)N4C(=O)[C@H]([C@@H](C)O)[C@H]4[C@H]3C)CN2)[C@@H](C)CN1. The lowest BCUT2D eigenvalue weighted by Crippen LogP contribution is -2.63. The summed E-state index contributed by atoms with van der Waals surface area (Å²) in [5.74, 6) is -2.05. The molecule has 10 heteroatoms. The number of piperazine rings is 1. The molecule has 0 spiro atoms. The lowest BCUT2D eigenvalue weighted by Gasteiger charge is -2.46. The van der Waals surface area contributed by atoms with Gasteiger partial charge in [0.15, 0.2) is 0 Å². The minimum atomic E-state index is -1.11. The first kappa shape index (κ1) is 22.6. The molecular formula is C21H32N4O5S. The Balaban J connectivity index is 1.45. The molecular weight excluding hydrogens is 420 g/mol. The van der Waals surface area contributed by atoms with Gasteiger partial charge in [0.05, 0.1) is 24.1 Å². The molecule has 9 nitrogen and oxygen atoms in total. The molecule has 4 rings (SSSR count). The second kappa shape index (κ2) is 8.38. The van der Waals surface area contributed by atoms with Crippen LogP contribution in [0.3, 0.4) is 0 Å². The highest BCUT2D eigenvalue weighted by molar-refractivity contribution is 8.03. The van der Waals surface area contributed by atoms with E-state index in [1.807, 2.05) is 18.7 Å². The minimum Gasteiger partial charge on any atom is -0.477 e. The summed E-state index contributed by atoms with van der Waals surface area (Å²) in [4.78, 5) is 41.5. The molecule has 0 saturated carbocycles. The molecule has 0 bridgehead atoms. The highest BCUT2D eigenvalue weighted by Crippen LogP contribution is 2.51. The summed E-state index contributed by atoms with van der Waals surface area (Å²) in [6.45, 7) is 9.68. The van der Waals surface area contributed by atoms with Crippen LogP contribution in [-0.4, -0.2) is 93.0 Å². The van der Waals surface area contributed by atoms with Gasteiger partial charge in [0, 0.05) is 47.8 Å². The topological polar surface area (TPSA) is 122 Å². The molecule has 3 fully saturated rings. The first-order chi connectivity index (χ1) is 14.6. The zero-order valence-corrected chi connectivity index (χ0v) is 19.2. The molecule has 4 aliphatic rings. The first-order valence-electron chi connectivity index (χ1n) is 11.0. The van der Waals surface area contributed by atoms with Gasteiger partial charge in [-0.05, 0) is 27.2 Å². The molecule has 8 atom stereocenters. The molecule has 0 unspecified atom stereocenters. The number of aliphatic hydroxyl groups is 1. The third kappa shape index (κ3) is 3.77. The maximum absolute atomic E-state index is 13.1. The number of carboxylic acids is 1. The van der Waals surface area contributed by atoms with Crippen LogP contribution in [-0.2, 0) is 14.4 Å². The van der Waals surface area contributed by atoms with Crippen LogP contribution >= 0.6 is 11.8 Å². The number of fused-ring (bicyclic) bond motifs is 1. The van der Waals surface area contributed by atoms with Crippen LogP contribution in [0.15, 0.2) is 10.6 Å². The number of β-lactam (4-membered cyclic amide) rings is 1. The van der Waals surface area contributed by atoms with Crippen molar-refractivity contribution in [3.8, 4) is 0 Å². The molecule has 0 aromatic carbocycles. The number of carbonyl (C=O) groups is 3. The second-order valence-electron chi connectivity index (χ2n) is 9.36. The number of carboxylic acid groups (broad SMARTS) is 1. The quantitative estimate of drug-likeness (QED) is 0.424. The van der Waals surface area contributed by atoms with Gasteiger partial charge in [-0.1, -0.05) is 6.92 Å². The molecule has 0 aromatic rings. The normalized spacial score (nSPS) is 38.9. The minimum absolute atomic E-state index is 0.0451. The molecule has 4 aliphatic heterocycles. The third-order valence-corrected chi connectivity index (χ3v) is 8.55.